The molecule has 1 unspecified atom stereocenters. The Bertz CT molecular complexity index is 411. The molecule has 1 aromatic rings. The number of para-hydroxylation sites is 1. The lowest BCUT2D eigenvalue weighted by atomic mass is 10.2. The Morgan fingerprint density at radius 2 is 2.25 bits per heavy atom. The van der Waals surface area contributed by atoms with E-state index in [4.69, 9.17) is 9.47 Å². The van der Waals surface area contributed by atoms with E-state index in [1.165, 1.54) is 0 Å². The molecule has 1 aliphatic heterocycles. The first kappa shape index (κ1) is 14.8. The van der Waals surface area contributed by atoms with Crippen molar-refractivity contribution >= 4 is 5.91 Å². The minimum atomic E-state index is -0.0991. The van der Waals surface area contributed by atoms with Crippen LogP contribution in [0.2, 0.25) is 0 Å². The van der Waals surface area contributed by atoms with Gasteiger partial charge in [0.1, 0.15) is 5.75 Å². The van der Waals surface area contributed by atoms with E-state index in [1.807, 2.05) is 30.3 Å². The number of amides is 1. The Morgan fingerprint density at radius 1 is 1.45 bits per heavy atom. The van der Waals surface area contributed by atoms with Gasteiger partial charge in [0.25, 0.3) is 5.91 Å². The number of carbonyl (C=O) groups is 1. The Hall–Kier alpha value is -1.59. The van der Waals surface area contributed by atoms with Crippen LogP contribution in [0.15, 0.2) is 30.3 Å². The molecule has 0 spiro atoms. The van der Waals surface area contributed by atoms with E-state index < -0.39 is 0 Å². The van der Waals surface area contributed by atoms with Gasteiger partial charge in [-0.05, 0) is 25.6 Å². The van der Waals surface area contributed by atoms with Gasteiger partial charge in [-0.15, -0.1) is 0 Å². The third kappa shape index (κ3) is 5.19. The molecule has 110 valence electrons. The molecule has 1 aliphatic rings. The molecule has 0 radical (unpaired) electrons. The van der Waals surface area contributed by atoms with E-state index in [-0.39, 0.29) is 18.6 Å². The number of benzene rings is 1. The lowest BCUT2D eigenvalue weighted by Gasteiger charge is -2.30. The highest BCUT2D eigenvalue weighted by Crippen LogP contribution is 2.08. The first-order valence-corrected chi connectivity index (χ1v) is 6.99. The van der Waals surface area contributed by atoms with Crippen LogP contribution in [0.4, 0.5) is 0 Å². The summed E-state index contributed by atoms with van der Waals surface area (Å²) in [6.07, 6.45) is 1.05. The third-order valence-electron chi connectivity index (χ3n) is 3.24. The number of likely N-dealkylation sites (N-methyl/N-ethyl adjacent to an activating group) is 1. The van der Waals surface area contributed by atoms with Gasteiger partial charge in [0.05, 0.1) is 12.7 Å². The average Bonchev–Trinajstić information content (AvgIpc) is 2.46. The quantitative estimate of drug-likeness (QED) is 0.840. The predicted molar refractivity (Wildman–Crippen MR) is 76.8 cm³/mol. The standard InChI is InChI=1S/C15H22N2O3/c1-17-9-10-19-14(11-17)7-8-16-15(18)12-20-13-5-3-2-4-6-13/h2-6,14H,7-12H2,1H3,(H,16,18). The van der Waals surface area contributed by atoms with E-state index in [0.717, 1.165) is 26.1 Å². The summed E-state index contributed by atoms with van der Waals surface area (Å²) in [5.41, 5.74) is 0. The van der Waals surface area contributed by atoms with Crippen molar-refractivity contribution in [3.8, 4) is 5.75 Å². The fourth-order valence-corrected chi connectivity index (χ4v) is 2.13. The molecule has 1 aromatic carbocycles. The Balaban J connectivity index is 1.58. The van der Waals surface area contributed by atoms with Crippen molar-refractivity contribution in [1.82, 2.24) is 10.2 Å². The van der Waals surface area contributed by atoms with Crippen LogP contribution in [0.1, 0.15) is 6.42 Å². The topological polar surface area (TPSA) is 50.8 Å². The number of ether oxygens (including phenoxy) is 2. The third-order valence-corrected chi connectivity index (χ3v) is 3.24. The average molecular weight is 278 g/mol. The summed E-state index contributed by atoms with van der Waals surface area (Å²) in [6.45, 7) is 3.35. The zero-order chi connectivity index (χ0) is 14.2. The van der Waals surface area contributed by atoms with Gasteiger partial charge >= 0.3 is 0 Å². The van der Waals surface area contributed by atoms with Gasteiger partial charge in [0.2, 0.25) is 0 Å². The van der Waals surface area contributed by atoms with E-state index in [0.29, 0.717) is 12.3 Å². The molecule has 1 heterocycles. The molecule has 0 bridgehead atoms. The second-order valence-corrected chi connectivity index (χ2v) is 5.00. The fourth-order valence-electron chi connectivity index (χ4n) is 2.13. The van der Waals surface area contributed by atoms with Crippen molar-refractivity contribution in [2.45, 2.75) is 12.5 Å². The maximum absolute atomic E-state index is 11.6. The minimum Gasteiger partial charge on any atom is -0.484 e. The number of nitrogens with one attached hydrogen (secondary N) is 1. The van der Waals surface area contributed by atoms with Gasteiger partial charge in [-0.2, -0.15) is 0 Å². The van der Waals surface area contributed by atoms with Crippen LogP contribution in [-0.2, 0) is 9.53 Å². The number of hydrogen-bond acceptors (Lipinski definition) is 4. The molecule has 5 heteroatoms. The predicted octanol–water partition coefficient (Wildman–Crippen LogP) is 0.902. The highest BCUT2D eigenvalue weighted by atomic mass is 16.5. The summed E-state index contributed by atoms with van der Waals surface area (Å²) < 4.78 is 11.0. The second kappa shape index (κ2) is 7.87. The van der Waals surface area contributed by atoms with Crippen LogP contribution in [0.5, 0.6) is 5.75 Å². The zero-order valence-electron chi connectivity index (χ0n) is 11.9. The van der Waals surface area contributed by atoms with Crippen molar-refractivity contribution in [2.24, 2.45) is 0 Å². The number of morpholine rings is 1. The molecule has 0 saturated carbocycles. The molecule has 2 rings (SSSR count). The Morgan fingerprint density at radius 3 is 3.00 bits per heavy atom. The summed E-state index contributed by atoms with van der Waals surface area (Å²) >= 11 is 0. The summed E-state index contributed by atoms with van der Waals surface area (Å²) in [4.78, 5) is 13.9. The summed E-state index contributed by atoms with van der Waals surface area (Å²) in [7, 11) is 2.09. The Kier molecular flexibility index (Phi) is 5.83. The monoisotopic (exact) mass is 278 g/mol. The summed E-state index contributed by atoms with van der Waals surface area (Å²) in [5, 5.41) is 2.85. The van der Waals surface area contributed by atoms with E-state index in [9.17, 15) is 4.79 Å². The highest BCUT2D eigenvalue weighted by molar-refractivity contribution is 5.77. The summed E-state index contributed by atoms with van der Waals surface area (Å²) in [5.74, 6) is 0.609. The van der Waals surface area contributed by atoms with Gasteiger partial charge in [-0.3, -0.25) is 4.79 Å². The molecule has 1 N–H and O–H groups in total. The van der Waals surface area contributed by atoms with Gasteiger partial charge in [0.15, 0.2) is 6.61 Å². The molecule has 1 saturated heterocycles. The zero-order valence-corrected chi connectivity index (χ0v) is 11.9. The van der Waals surface area contributed by atoms with Gasteiger partial charge in [-0.1, -0.05) is 18.2 Å². The van der Waals surface area contributed by atoms with Crippen molar-refractivity contribution < 1.29 is 14.3 Å². The first-order chi connectivity index (χ1) is 9.74. The fraction of sp³-hybridized carbons (Fsp3) is 0.533. The molecule has 5 nitrogen and oxygen atoms in total. The molecular formula is C15H22N2O3. The summed E-state index contributed by atoms with van der Waals surface area (Å²) in [6, 6.07) is 9.33. The van der Waals surface area contributed by atoms with E-state index in [1.54, 1.807) is 0 Å². The first-order valence-electron chi connectivity index (χ1n) is 6.99. The normalized spacial score (nSPS) is 19.6. The lowest BCUT2D eigenvalue weighted by molar-refractivity contribution is -0.123. The van der Waals surface area contributed by atoms with Gasteiger partial charge in [-0.25, -0.2) is 0 Å². The smallest absolute Gasteiger partial charge is 0.257 e. The number of nitrogens with zero attached hydrogens (tertiary/aromatic N) is 1. The van der Waals surface area contributed by atoms with E-state index >= 15 is 0 Å². The van der Waals surface area contributed by atoms with Crippen molar-refractivity contribution in [3.05, 3.63) is 30.3 Å². The maximum Gasteiger partial charge on any atom is 0.257 e. The van der Waals surface area contributed by atoms with Crippen LogP contribution in [0.3, 0.4) is 0 Å². The van der Waals surface area contributed by atoms with Crippen LogP contribution < -0.4 is 10.1 Å². The van der Waals surface area contributed by atoms with Crippen molar-refractivity contribution in [2.75, 3.05) is 39.9 Å². The van der Waals surface area contributed by atoms with Crippen LogP contribution in [0, 0.1) is 0 Å². The molecule has 1 atom stereocenters. The molecule has 1 fully saturated rings. The number of carbonyl (C=O) groups excluding carboxylic acids is 1. The highest BCUT2D eigenvalue weighted by Gasteiger charge is 2.17. The van der Waals surface area contributed by atoms with Crippen molar-refractivity contribution in [3.63, 3.8) is 0 Å². The SMILES string of the molecule is CN1CCOC(CCNC(=O)COc2ccccc2)C1. The second-order valence-electron chi connectivity index (χ2n) is 5.00. The van der Waals surface area contributed by atoms with Crippen LogP contribution in [-0.4, -0.2) is 56.8 Å². The van der Waals surface area contributed by atoms with E-state index in [2.05, 4.69) is 17.3 Å². The molecule has 0 aliphatic carbocycles. The maximum atomic E-state index is 11.6. The largest absolute Gasteiger partial charge is 0.484 e. The van der Waals surface area contributed by atoms with Gasteiger partial charge < -0.3 is 19.7 Å². The van der Waals surface area contributed by atoms with Crippen LogP contribution in [0.25, 0.3) is 0 Å². The lowest BCUT2D eigenvalue weighted by Crippen LogP contribution is -2.42. The Labute approximate surface area is 119 Å². The molecule has 0 aromatic heterocycles. The number of hydrogen-bond donors (Lipinski definition) is 1. The minimum absolute atomic E-state index is 0.0510. The molecular weight excluding hydrogens is 256 g/mol. The van der Waals surface area contributed by atoms with Crippen molar-refractivity contribution in [1.29, 1.82) is 0 Å². The van der Waals surface area contributed by atoms with Crippen LogP contribution >= 0.6 is 0 Å². The molecule has 20 heavy (non-hydrogen) atoms. The molecule has 1 amide bonds. The number of rotatable bonds is 6. The van der Waals surface area contributed by atoms with Gasteiger partial charge in [0, 0.05) is 19.6 Å².